The maximum absolute atomic E-state index is 12.8. The van der Waals surface area contributed by atoms with Crippen LogP contribution >= 0.6 is 0 Å². The SMILES string of the molecule is CC/C=C/C/C=C/C/C=C/C/C=C/C/C=C/C/C=C/CCC(=O)OC[C@H](CO[C@H]1O[C@H](CS(=O)(=O)O)[C@@H](O)C(O)C1O)OC(=O)CCCC/C=C/CCCCCCCCCCC. The average Bonchev–Trinajstić information content (AvgIpc) is 3.24. The molecule has 62 heavy (non-hydrogen) atoms. The highest BCUT2D eigenvalue weighted by atomic mass is 32.2. The first kappa shape index (κ1) is 56.8. The summed E-state index contributed by atoms with van der Waals surface area (Å²) in [6, 6.07) is 0. The van der Waals surface area contributed by atoms with Gasteiger partial charge in [0.1, 0.15) is 36.8 Å². The maximum atomic E-state index is 12.8. The Morgan fingerprint density at radius 2 is 1.05 bits per heavy atom. The van der Waals surface area contributed by atoms with E-state index in [-0.39, 0.29) is 19.4 Å². The van der Waals surface area contributed by atoms with Crippen LogP contribution in [0.15, 0.2) is 85.1 Å². The van der Waals surface area contributed by atoms with E-state index in [4.69, 9.17) is 18.9 Å². The van der Waals surface area contributed by atoms with Gasteiger partial charge in [-0.15, -0.1) is 0 Å². The van der Waals surface area contributed by atoms with Crippen molar-refractivity contribution in [2.45, 2.75) is 192 Å². The molecule has 12 nitrogen and oxygen atoms in total. The monoisotopic (exact) mass is 893 g/mol. The predicted molar refractivity (Wildman–Crippen MR) is 247 cm³/mol. The van der Waals surface area contributed by atoms with Crippen molar-refractivity contribution in [1.82, 2.24) is 0 Å². The molecule has 354 valence electrons. The predicted octanol–water partition coefficient (Wildman–Crippen LogP) is 9.67. The summed E-state index contributed by atoms with van der Waals surface area (Å²) in [7, 11) is -4.62. The Labute approximate surface area is 373 Å². The summed E-state index contributed by atoms with van der Waals surface area (Å²) in [5, 5.41) is 30.9. The summed E-state index contributed by atoms with van der Waals surface area (Å²) in [4.78, 5) is 25.4. The second-order valence-electron chi connectivity index (χ2n) is 15.7. The van der Waals surface area contributed by atoms with E-state index < -0.39 is 71.2 Å². The zero-order valence-corrected chi connectivity index (χ0v) is 38.5. The van der Waals surface area contributed by atoms with Crippen LogP contribution in [0, 0.1) is 0 Å². The van der Waals surface area contributed by atoms with Crippen LogP contribution in [0.4, 0.5) is 0 Å². The second kappa shape index (κ2) is 38.3. The molecule has 1 saturated heterocycles. The van der Waals surface area contributed by atoms with E-state index in [1.807, 2.05) is 12.2 Å². The third kappa shape index (κ3) is 32.5. The summed E-state index contributed by atoms with van der Waals surface area (Å²) in [6.45, 7) is 3.55. The van der Waals surface area contributed by atoms with Crippen LogP contribution in [0.2, 0.25) is 0 Å². The Morgan fingerprint density at radius 1 is 0.565 bits per heavy atom. The lowest BCUT2D eigenvalue weighted by Crippen LogP contribution is -2.60. The zero-order valence-electron chi connectivity index (χ0n) is 37.7. The lowest BCUT2D eigenvalue weighted by molar-refractivity contribution is -0.297. The topological polar surface area (TPSA) is 186 Å². The summed E-state index contributed by atoms with van der Waals surface area (Å²) in [6.07, 6.45) is 40.7. The summed E-state index contributed by atoms with van der Waals surface area (Å²) in [5.41, 5.74) is 0. The Morgan fingerprint density at radius 3 is 1.58 bits per heavy atom. The summed E-state index contributed by atoms with van der Waals surface area (Å²) >= 11 is 0. The molecule has 1 aliphatic rings. The fraction of sp³-hybridized carbons (Fsp3) is 0.673. The fourth-order valence-electron chi connectivity index (χ4n) is 6.40. The van der Waals surface area contributed by atoms with Gasteiger partial charge in [-0.2, -0.15) is 8.42 Å². The number of aliphatic hydroxyl groups is 3. The Bertz CT molecular complexity index is 1460. The van der Waals surface area contributed by atoms with Crippen LogP contribution in [0.25, 0.3) is 0 Å². The van der Waals surface area contributed by atoms with Gasteiger partial charge in [-0.1, -0.05) is 150 Å². The Kier molecular flexibility index (Phi) is 35.1. The van der Waals surface area contributed by atoms with Crippen molar-refractivity contribution in [1.29, 1.82) is 0 Å². The molecule has 1 fully saturated rings. The van der Waals surface area contributed by atoms with Gasteiger partial charge in [0, 0.05) is 12.8 Å². The Hall–Kier alpha value is -3.17. The highest BCUT2D eigenvalue weighted by Gasteiger charge is 2.46. The number of rotatable bonds is 37. The molecule has 0 aromatic carbocycles. The largest absolute Gasteiger partial charge is 0.462 e. The van der Waals surface area contributed by atoms with Gasteiger partial charge < -0.3 is 34.3 Å². The first-order valence-corrected chi connectivity index (χ1v) is 24.8. The number of allylic oxidation sites excluding steroid dienone is 14. The van der Waals surface area contributed by atoms with Gasteiger partial charge in [0.2, 0.25) is 0 Å². The zero-order chi connectivity index (χ0) is 45.5. The highest BCUT2D eigenvalue weighted by Crippen LogP contribution is 2.24. The third-order valence-corrected chi connectivity index (χ3v) is 10.7. The van der Waals surface area contributed by atoms with Crippen LogP contribution in [0.5, 0.6) is 0 Å². The number of aliphatic hydroxyl groups excluding tert-OH is 3. The lowest BCUT2D eigenvalue weighted by atomic mass is 10.00. The summed E-state index contributed by atoms with van der Waals surface area (Å²) < 4.78 is 54.0. The molecule has 1 aliphatic heterocycles. The van der Waals surface area contributed by atoms with E-state index in [9.17, 15) is 37.9 Å². The van der Waals surface area contributed by atoms with Crippen molar-refractivity contribution in [2.75, 3.05) is 19.0 Å². The van der Waals surface area contributed by atoms with E-state index in [0.29, 0.717) is 12.8 Å². The van der Waals surface area contributed by atoms with Crippen LogP contribution in [0.3, 0.4) is 0 Å². The van der Waals surface area contributed by atoms with Crippen molar-refractivity contribution >= 4 is 22.1 Å². The van der Waals surface area contributed by atoms with Gasteiger partial charge in [0.15, 0.2) is 12.4 Å². The van der Waals surface area contributed by atoms with E-state index in [1.54, 1.807) is 0 Å². The molecule has 0 aromatic rings. The van der Waals surface area contributed by atoms with E-state index in [0.717, 1.165) is 57.8 Å². The van der Waals surface area contributed by atoms with E-state index in [1.165, 1.54) is 57.8 Å². The summed E-state index contributed by atoms with van der Waals surface area (Å²) in [5.74, 6) is -2.13. The minimum Gasteiger partial charge on any atom is -0.462 e. The van der Waals surface area contributed by atoms with Gasteiger partial charge in [0.05, 0.1) is 6.61 Å². The molecule has 1 rings (SSSR count). The molecule has 0 radical (unpaired) electrons. The lowest BCUT2D eigenvalue weighted by Gasteiger charge is -2.40. The van der Waals surface area contributed by atoms with E-state index in [2.05, 4.69) is 86.8 Å². The van der Waals surface area contributed by atoms with Gasteiger partial charge in [0.25, 0.3) is 10.1 Å². The minimum atomic E-state index is -4.62. The molecule has 2 unspecified atom stereocenters. The van der Waals surface area contributed by atoms with Gasteiger partial charge in [-0.05, 0) is 77.0 Å². The first-order valence-electron chi connectivity index (χ1n) is 23.1. The quantitative estimate of drug-likeness (QED) is 0.0201. The normalized spacial score (nSPS) is 20.6. The van der Waals surface area contributed by atoms with Gasteiger partial charge >= 0.3 is 11.9 Å². The molecule has 1 heterocycles. The number of hydrogen-bond acceptors (Lipinski definition) is 11. The molecule has 0 bridgehead atoms. The molecular weight excluding hydrogens is 813 g/mol. The van der Waals surface area contributed by atoms with Crippen LogP contribution in [-0.4, -0.2) is 96.0 Å². The van der Waals surface area contributed by atoms with Crippen LogP contribution in [-0.2, 0) is 38.7 Å². The minimum absolute atomic E-state index is 0.0855. The Balaban J connectivity index is 2.51. The van der Waals surface area contributed by atoms with Crippen LogP contribution in [0.1, 0.15) is 155 Å². The smallest absolute Gasteiger partial charge is 0.306 e. The number of unbranched alkanes of at least 4 members (excludes halogenated alkanes) is 11. The molecule has 13 heteroatoms. The standard InChI is InChI=1S/C49H80O12S/c1-3-5-7-9-11-13-15-17-19-20-21-22-24-25-27-29-31-33-35-37-44(50)58-39-42(40-59-49-48(54)47(53)46(52)43(61-49)41-62(55,56)57)60-45(51)38-36-34-32-30-28-26-23-18-16-14-12-10-8-6-4-2/h5,7,11,13,17,19,21-22,25,27-28,30-31,33,42-43,46-49,52-54H,3-4,6,8-10,12,14-16,18,20,23-24,26,29,32,34-41H2,1-2H3,(H,55,56,57)/b7-5+,13-11+,19-17+,22-21+,27-25+,30-28+,33-31+/t42-,43-,46-,47?,48?,49+/m1/s1. The van der Waals surface area contributed by atoms with Gasteiger partial charge in [-0.25, -0.2) is 0 Å². The number of hydrogen-bond donors (Lipinski definition) is 4. The van der Waals surface area contributed by atoms with Crippen molar-refractivity contribution in [3.63, 3.8) is 0 Å². The van der Waals surface area contributed by atoms with Gasteiger partial charge in [-0.3, -0.25) is 14.1 Å². The maximum Gasteiger partial charge on any atom is 0.306 e. The molecular formula is C49H80O12S. The van der Waals surface area contributed by atoms with Crippen molar-refractivity contribution in [3.8, 4) is 0 Å². The first-order chi connectivity index (χ1) is 30.0. The average molecular weight is 893 g/mol. The molecule has 0 spiro atoms. The molecule has 0 aromatic heterocycles. The highest BCUT2D eigenvalue weighted by molar-refractivity contribution is 7.85. The fourth-order valence-corrected chi connectivity index (χ4v) is 7.09. The molecule has 6 atom stereocenters. The van der Waals surface area contributed by atoms with Crippen molar-refractivity contribution in [2.24, 2.45) is 0 Å². The molecule has 0 amide bonds. The van der Waals surface area contributed by atoms with Crippen molar-refractivity contribution in [3.05, 3.63) is 85.1 Å². The molecule has 0 aliphatic carbocycles. The number of carbonyl (C=O) groups is 2. The van der Waals surface area contributed by atoms with Crippen molar-refractivity contribution < 1.29 is 56.8 Å². The second-order valence-corrected chi connectivity index (χ2v) is 17.2. The third-order valence-electron chi connectivity index (χ3n) is 9.97. The molecule has 0 saturated carbocycles. The van der Waals surface area contributed by atoms with E-state index >= 15 is 0 Å². The molecule has 4 N–H and O–H groups in total. The number of ether oxygens (including phenoxy) is 4. The number of carbonyl (C=O) groups excluding carboxylic acids is 2. The van der Waals surface area contributed by atoms with Crippen LogP contribution < -0.4 is 0 Å². The number of esters is 2.